The van der Waals surface area contributed by atoms with E-state index in [2.05, 4.69) is 11.9 Å². The van der Waals surface area contributed by atoms with E-state index in [9.17, 15) is 9.90 Å². The number of aliphatic imine (C=N–C) groups is 1. The largest absolute Gasteiger partial charge is 0.494 e. The summed E-state index contributed by atoms with van der Waals surface area (Å²) in [5.74, 6) is 0.655. The van der Waals surface area contributed by atoms with E-state index in [1.165, 1.54) is 0 Å². The molecule has 1 N–H and O–H groups in total. The van der Waals surface area contributed by atoms with Gasteiger partial charge in [0.2, 0.25) is 0 Å². The number of aliphatic hydroxyl groups excluding tert-OH is 1. The molecule has 0 radical (unpaired) electrons. The van der Waals surface area contributed by atoms with Gasteiger partial charge in [-0.15, -0.1) is 0 Å². The Bertz CT molecular complexity index is 686. The maximum Gasteiger partial charge on any atom is 0.187 e. The molecular formula is C18H21NO3. The summed E-state index contributed by atoms with van der Waals surface area (Å²) in [6, 6.07) is 5.51. The quantitative estimate of drug-likeness (QED) is 0.869. The van der Waals surface area contributed by atoms with Crippen molar-refractivity contribution in [2.75, 3.05) is 6.61 Å². The number of ether oxygens (including phenoxy) is 1. The standard InChI is InChI=1S/C18H21NO3/c1-4-5-8-22-11-6-7-12-13(9-11)15(20)10-14-16(12)19-17(21)18(14,2)3/h6-7,9-10,17,21H,4-5,8H2,1-3H3. The fourth-order valence-corrected chi connectivity index (χ4v) is 2.83. The van der Waals surface area contributed by atoms with Crippen LogP contribution in [-0.4, -0.2) is 29.4 Å². The first-order chi connectivity index (χ1) is 10.4. The molecule has 0 saturated heterocycles. The summed E-state index contributed by atoms with van der Waals surface area (Å²) in [7, 11) is 0. The van der Waals surface area contributed by atoms with E-state index in [4.69, 9.17) is 4.74 Å². The highest BCUT2D eigenvalue weighted by molar-refractivity contribution is 6.27. The second-order valence-corrected chi connectivity index (χ2v) is 6.40. The molecule has 0 spiro atoms. The third-order valence-corrected chi connectivity index (χ3v) is 4.40. The van der Waals surface area contributed by atoms with Gasteiger partial charge in [0.15, 0.2) is 12.0 Å². The molecule has 22 heavy (non-hydrogen) atoms. The molecule has 4 heteroatoms. The van der Waals surface area contributed by atoms with E-state index in [0.717, 1.165) is 29.7 Å². The summed E-state index contributed by atoms with van der Waals surface area (Å²) in [6.45, 7) is 6.57. The van der Waals surface area contributed by atoms with Crippen molar-refractivity contribution in [2.45, 2.75) is 39.8 Å². The van der Waals surface area contributed by atoms with Crippen molar-refractivity contribution in [1.29, 1.82) is 0 Å². The van der Waals surface area contributed by atoms with Gasteiger partial charge in [-0.1, -0.05) is 27.2 Å². The molecule has 1 aliphatic heterocycles. The number of nitrogens with zero attached hydrogens (tertiary/aromatic N) is 1. The smallest absolute Gasteiger partial charge is 0.187 e. The number of aliphatic hydroxyl groups is 1. The molecular weight excluding hydrogens is 278 g/mol. The van der Waals surface area contributed by atoms with Crippen LogP contribution < -0.4 is 4.74 Å². The molecule has 1 heterocycles. The van der Waals surface area contributed by atoms with Crippen molar-refractivity contribution in [2.24, 2.45) is 10.4 Å². The maximum absolute atomic E-state index is 12.4. The Balaban J connectivity index is 1.97. The summed E-state index contributed by atoms with van der Waals surface area (Å²) >= 11 is 0. The normalized spacial score (nSPS) is 21.8. The molecule has 1 aromatic carbocycles. The van der Waals surface area contributed by atoms with Crippen LogP contribution in [0.25, 0.3) is 0 Å². The zero-order chi connectivity index (χ0) is 15.9. The maximum atomic E-state index is 12.4. The molecule has 1 atom stereocenters. The SMILES string of the molecule is CCCCOc1ccc2c(c1)C(=O)C=C1C2=NC(O)C1(C)C. The van der Waals surface area contributed by atoms with Crippen molar-refractivity contribution >= 4 is 11.5 Å². The average molecular weight is 299 g/mol. The number of hydrogen-bond acceptors (Lipinski definition) is 4. The van der Waals surface area contributed by atoms with E-state index in [1.807, 2.05) is 26.0 Å². The van der Waals surface area contributed by atoms with Crippen molar-refractivity contribution in [3.05, 3.63) is 41.0 Å². The number of ketones is 1. The number of benzene rings is 1. The molecule has 0 saturated carbocycles. The topological polar surface area (TPSA) is 58.9 Å². The lowest BCUT2D eigenvalue weighted by molar-refractivity contribution is 0.0948. The van der Waals surface area contributed by atoms with Crippen LogP contribution in [0.4, 0.5) is 0 Å². The van der Waals surface area contributed by atoms with Gasteiger partial charge in [0.1, 0.15) is 5.75 Å². The lowest BCUT2D eigenvalue weighted by Crippen LogP contribution is -2.28. The Hall–Kier alpha value is -1.94. The zero-order valence-electron chi connectivity index (χ0n) is 13.2. The van der Waals surface area contributed by atoms with Crippen molar-refractivity contribution < 1.29 is 14.6 Å². The van der Waals surface area contributed by atoms with E-state index < -0.39 is 11.6 Å². The van der Waals surface area contributed by atoms with E-state index >= 15 is 0 Å². The molecule has 1 aliphatic carbocycles. The number of allylic oxidation sites excluding steroid dienone is 1. The van der Waals surface area contributed by atoms with E-state index in [1.54, 1.807) is 12.1 Å². The third-order valence-electron chi connectivity index (χ3n) is 4.40. The number of rotatable bonds is 4. The summed E-state index contributed by atoms with van der Waals surface area (Å²) in [6.07, 6.45) is 2.85. The fraction of sp³-hybridized carbons (Fsp3) is 0.444. The predicted octanol–water partition coefficient (Wildman–Crippen LogP) is 3.14. The summed E-state index contributed by atoms with van der Waals surface area (Å²) < 4.78 is 5.67. The molecule has 4 nitrogen and oxygen atoms in total. The van der Waals surface area contributed by atoms with Gasteiger partial charge in [-0.3, -0.25) is 9.79 Å². The van der Waals surface area contributed by atoms with Crippen LogP contribution in [-0.2, 0) is 0 Å². The van der Waals surface area contributed by atoms with Crippen LogP contribution in [0.5, 0.6) is 5.75 Å². The predicted molar refractivity (Wildman–Crippen MR) is 85.6 cm³/mol. The van der Waals surface area contributed by atoms with Gasteiger partial charge in [0.05, 0.1) is 12.3 Å². The highest BCUT2D eigenvalue weighted by atomic mass is 16.5. The molecule has 1 aromatic rings. The summed E-state index contributed by atoms with van der Waals surface area (Å²) in [5.41, 5.74) is 2.40. The molecule has 2 aliphatic rings. The molecule has 0 fully saturated rings. The van der Waals surface area contributed by atoms with Crippen molar-refractivity contribution in [1.82, 2.24) is 0 Å². The lowest BCUT2D eigenvalue weighted by atomic mass is 9.77. The highest BCUT2D eigenvalue weighted by Gasteiger charge is 2.43. The summed E-state index contributed by atoms with van der Waals surface area (Å²) in [5, 5.41) is 10.1. The third kappa shape index (κ3) is 2.28. The minimum atomic E-state index is -0.812. The van der Waals surface area contributed by atoms with Gasteiger partial charge in [-0.25, -0.2) is 0 Å². The van der Waals surface area contributed by atoms with Crippen LogP contribution in [0.2, 0.25) is 0 Å². The summed E-state index contributed by atoms with van der Waals surface area (Å²) in [4.78, 5) is 16.8. The Kier molecular flexibility index (Phi) is 3.65. The Morgan fingerprint density at radius 1 is 1.32 bits per heavy atom. The Morgan fingerprint density at radius 2 is 2.09 bits per heavy atom. The van der Waals surface area contributed by atoms with E-state index in [0.29, 0.717) is 17.9 Å². The minimum Gasteiger partial charge on any atom is -0.494 e. The number of carbonyl (C=O) groups is 1. The van der Waals surface area contributed by atoms with Gasteiger partial charge < -0.3 is 9.84 Å². The molecule has 1 unspecified atom stereocenters. The first-order valence-corrected chi connectivity index (χ1v) is 7.75. The van der Waals surface area contributed by atoms with Gasteiger partial charge in [-0.05, 0) is 36.3 Å². The molecule has 0 amide bonds. The number of unbranched alkanes of at least 4 members (excludes halogenated alkanes) is 1. The van der Waals surface area contributed by atoms with E-state index in [-0.39, 0.29) is 5.78 Å². The average Bonchev–Trinajstić information content (AvgIpc) is 2.71. The molecule has 0 aromatic heterocycles. The monoisotopic (exact) mass is 299 g/mol. The molecule has 0 bridgehead atoms. The van der Waals surface area contributed by atoms with Gasteiger partial charge >= 0.3 is 0 Å². The van der Waals surface area contributed by atoms with Gasteiger partial charge in [0.25, 0.3) is 0 Å². The lowest BCUT2D eigenvalue weighted by Gasteiger charge is -2.26. The van der Waals surface area contributed by atoms with Crippen molar-refractivity contribution in [3.63, 3.8) is 0 Å². The number of carbonyl (C=O) groups excluding carboxylic acids is 1. The Morgan fingerprint density at radius 3 is 2.82 bits per heavy atom. The molecule has 3 rings (SSSR count). The number of hydrogen-bond donors (Lipinski definition) is 1. The second kappa shape index (κ2) is 5.36. The highest BCUT2D eigenvalue weighted by Crippen LogP contribution is 2.42. The minimum absolute atomic E-state index is 0.0490. The first-order valence-electron chi connectivity index (χ1n) is 7.75. The Labute approximate surface area is 130 Å². The van der Waals surface area contributed by atoms with Crippen LogP contribution >= 0.6 is 0 Å². The zero-order valence-corrected chi connectivity index (χ0v) is 13.2. The van der Waals surface area contributed by atoms with Crippen LogP contribution in [0.1, 0.15) is 49.5 Å². The molecule has 116 valence electrons. The number of fused-ring (bicyclic) bond motifs is 3. The fourth-order valence-electron chi connectivity index (χ4n) is 2.83. The van der Waals surface area contributed by atoms with Crippen LogP contribution in [0.15, 0.2) is 34.8 Å². The first kappa shape index (κ1) is 15.0. The van der Waals surface area contributed by atoms with Crippen LogP contribution in [0, 0.1) is 5.41 Å². The van der Waals surface area contributed by atoms with Gasteiger partial charge in [0, 0.05) is 16.5 Å². The van der Waals surface area contributed by atoms with Gasteiger partial charge in [-0.2, -0.15) is 0 Å². The van der Waals surface area contributed by atoms with Crippen molar-refractivity contribution in [3.8, 4) is 5.75 Å². The second-order valence-electron chi connectivity index (χ2n) is 6.40. The van der Waals surface area contributed by atoms with Crippen LogP contribution in [0.3, 0.4) is 0 Å².